The molecule has 1 aromatic heterocycles. The highest BCUT2D eigenvalue weighted by Crippen LogP contribution is 2.31. The summed E-state index contributed by atoms with van der Waals surface area (Å²) in [5.41, 5.74) is 1.17. The summed E-state index contributed by atoms with van der Waals surface area (Å²) >= 11 is 0. The Hall–Kier alpha value is -1.71. The number of nitrogens with one attached hydrogen (secondary N) is 1. The van der Waals surface area contributed by atoms with Gasteiger partial charge in [0.05, 0.1) is 5.52 Å². The number of aromatic amines is 1. The summed E-state index contributed by atoms with van der Waals surface area (Å²) in [5, 5.41) is 18.6. The van der Waals surface area contributed by atoms with Crippen LogP contribution in [0.1, 0.15) is 12.7 Å². The normalized spacial score (nSPS) is 10.8. The Morgan fingerprint density at radius 3 is 2.85 bits per heavy atom. The fourth-order valence-electron chi connectivity index (χ4n) is 1.27. The number of rotatable bonds is 1. The van der Waals surface area contributed by atoms with Crippen molar-refractivity contribution in [3.8, 4) is 11.5 Å². The molecule has 1 heterocycles. The molecule has 13 heavy (non-hydrogen) atoms. The number of phenols is 2. The van der Waals surface area contributed by atoms with Crippen molar-refractivity contribution in [2.45, 2.75) is 13.3 Å². The Bertz CT molecular complexity index is 448. The molecule has 3 N–H and O–H groups in total. The highest BCUT2D eigenvalue weighted by molar-refractivity contribution is 5.84. The smallest absolute Gasteiger partial charge is 0.185 e. The molecule has 4 heteroatoms. The molecule has 0 bridgehead atoms. The van der Waals surface area contributed by atoms with E-state index in [0.29, 0.717) is 5.52 Å². The number of nitrogens with zero attached hydrogens (tertiary/aromatic N) is 1. The van der Waals surface area contributed by atoms with E-state index in [1.807, 2.05) is 6.92 Å². The fraction of sp³-hybridized carbons (Fsp3) is 0.222. The van der Waals surface area contributed by atoms with Gasteiger partial charge >= 0.3 is 0 Å². The Labute approximate surface area is 74.9 Å². The van der Waals surface area contributed by atoms with E-state index >= 15 is 0 Å². The number of aromatic nitrogens is 2. The minimum absolute atomic E-state index is 0.137. The Balaban J connectivity index is 2.76. The van der Waals surface area contributed by atoms with E-state index in [2.05, 4.69) is 9.97 Å². The van der Waals surface area contributed by atoms with Crippen LogP contribution in [-0.2, 0) is 6.42 Å². The number of imidazole rings is 1. The topological polar surface area (TPSA) is 69.1 Å². The Morgan fingerprint density at radius 1 is 1.38 bits per heavy atom. The van der Waals surface area contributed by atoms with Crippen molar-refractivity contribution < 1.29 is 10.2 Å². The van der Waals surface area contributed by atoms with Crippen LogP contribution in [-0.4, -0.2) is 20.2 Å². The van der Waals surface area contributed by atoms with Crippen LogP contribution >= 0.6 is 0 Å². The molecule has 68 valence electrons. The quantitative estimate of drug-likeness (QED) is 0.580. The van der Waals surface area contributed by atoms with Gasteiger partial charge in [-0.05, 0) is 12.1 Å². The average Bonchev–Trinajstić information content (AvgIpc) is 2.55. The van der Waals surface area contributed by atoms with Gasteiger partial charge in [-0.25, -0.2) is 4.98 Å². The second-order valence-corrected chi connectivity index (χ2v) is 2.87. The highest BCUT2D eigenvalue weighted by atomic mass is 16.3. The first-order valence-electron chi connectivity index (χ1n) is 4.12. The minimum Gasteiger partial charge on any atom is -0.504 e. The lowest BCUT2D eigenvalue weighted by Gasteiger charge is -1.95. The maximum Gasteiger partial charge on any atom is 0.185 e. The molecule has 0 atom stereocenters. The van der Waals surface area contributed by atoms with Crippen LogP contribution in [0.4, 0.5) is 0 Å². The summed E-state index contributed by atoms with van der Waals surface area (Å²) in [4.78, 5) is 7.16. The zero-order valence-corrected chi connectivity index (χ0v) is 7.20. The van der Waals surface area contributed by atoms with Crippen LogP contribution in [0.2, 0.25) is 0 Å². The first-order valence-corrected chi connectivity index (χ1v) is 4.12. The maximum atomic E-state index is 9.43. The lowest BCUT2D eigenvalue weighted by Crippen LogP contribution is -1.79. The summed E-state index contributed by atoms with van der Waals surface area (Å²) < 4.78 is 0. The van der Waals surface area contributed by atoms with Gasteiger partial charge in [0, 0.05) is 6.42 Å². The summed E-state index contributed by atoms with van der Waals surface area (Å²) in [6, 6.07) is 3.13. The molecule has 2 rings (SSSR count). The lowest BCUT2D eigenvalue weighted by atomic mass is 10.3. The van der Waals surface area contributed by atoms with E-state index in [0.717, 1.165) is 17.8 Å². The van der Waals surface area contributed by atoms with E-state index in [-0.39, 0.29) is 11.5 Å². The average molecular weight is 178 g/mol. The van der Waals surface area contributed by atoms with Gasteiger partial charge < -0.3 is 15.2 Å². The number of fused-ring (bicyclic) bond motifs is 1. The van der Waals surface area contributed by atoms with Crippen LogP contribution in [0, 0.1) is 0 Å². The monoisotopic (exact) mass is 178 g/mol. The second kappa shape index (κ2) is 2.65. The summed E-state index contributed by atoms with van der Waals surface area (Å²) in [6.07, 6.45) is 0.773. The number of aryl methyl sites for hydroxylation is 1. The molecule has 0 aliphatic rings. The van der Waals surface area contributed by atoms with Gasteiger partial charge in [0.15, 0.2) is 11.5 Å². The molecule has 0 saturated heterocycles. The first kappa shape index (κ1) is 7.91. The lowest BCUT2D eigenvalue weighted by molar-refractivity contribution is 0.407. The van der Waals surface area contributed by atoms with Gasteiger partial charge in [-0.15, -0.1) is 0 Å². The van der Waals surface area contributed by atoms with Gasteiger partial charge in [-0.1, -0.05) is 6.92 Å². The fourth-order valence-corrected chi connectivity index (χ4v) is 1.27. The standard InChI is InChI=1S/C9H10N2O2/c1-2-7-10-5-3-4-6(12)9(13)8(5)11-7/h3-4,12-13H,2H2,1H3,(H,10,11). The van der Waals surface area contributed by atoms with Crippen molar-refractivity contribution in [3.63, 3.8) is 0 Å². The number of aromatic hydroxyl groups is 2. The maximum absolute atomic E-state index is 9.43. The van der Waals surface area contributed by atoms with Crippen LogP contribution in [0.5, 0.6) is 11.5 Å². The van der Waals surface area contributed by atoms with E-state index < -0.39 is 0 Å². The van der Waals surface area contributed by atoms with Crippen molar-refractivity contribution in [2.75, 3.05) is 0 Å². The van der Waals surface area contributed by atoms with Gasteiger partial charge in [-0.2, -0.15) is 0 Å². The molecule has 0 aliphatic carbocycles. The van der Waals surface area contributed by atoms with E-state index in [1.54, 1.807) is 6.07 Å². The van der Waals surface area contributed by atoms with Crippen LogP contribution < -0.4 is 0 Å². The van der Waals surface area contributed by atoms with Crippen molar-refractivity contribution in [1.29, 1.82) is 0 Å². The third-order valence-corrected chi connectivity index (χ3v) is 1.99. The SMILES string of the molecule is CCc1nc2c(O)c(O)ccc2[nH]1. The third kappa shape index (κ3) is 1.11. The van der Waals surface area contributed by atoms with Gasteiger partial charge in [0.1, 0.15) is 11.3 Å². The molecular weight excluding hydrogens is 168 g/mol. The number of phenolic OH excluding ortho intramolecular Hbond substituents is 2. The second-order valence-electron chi connectivity index (χ2n) is 2.87. The van der Waals surface area contributed by atoms with Crippen molar-refractivity contribution in [3.05, 3.63) is 18.0 Å². The van der Waals surface area contributed by atoms with Gasteiger partial charge in [-0.3, -0.25) is 0 Å². The largest absolute Gasteiger partial charge is 0.504 e. The zero-order valence-electron chi connectivity index (χ0n) is 7.20. The van der Waals surface area contributed by atoms with E-state index in [1.165, 1.54) is 6.07 Å². The van der Waals surface area contributed by atoms with Crippen LogP contribution in [0.25, 0.3) is 11.0 Å². The Kier molecular flexibility index (Phi) is 1.62. The summed E-state index contributed by atoms with van der Waals surface area (Å²) in [7, 11) is 0. The molecule has 4 nitrogen and oxygen atoms in total. The summed E-state index contributed by atoms with van der Waals surface area (Å²) in [6.45, 7) is 1.97. The predicted octanol–water partition coefficient (Wildman–Crippen LogP) is 1.54. The van der Waals surface area contributed by atoms with E-state index in [4.69, 9.17) is 0 Å². The van der Waals surface area contributed by atoms with Gasteiger partial charge in [0.2, 0.25) is 0 Å². The number of benzene rings is 1. The van der Waals surface area contributed by atoms with E-state index in [9.17, 15) is 10.2 Å². The van der Waals surface area contributed by atoms with Crippen LogP contribution in [0.15, 0.2) is 12.1 Å². The molecule has 0 fully saturated rings. The van der Waals surface area contributed by atoms with Gasteiger partial charge in [0.25, 0.3) is 0 Å². The molecule has 0 aliphatic heterocycles. The third-order valence-electron chi connectivity index (χ3n) is 1.99. The molecule has 2 aromatic rings. The number of hydrogen-bond acceptors (Lipinski definition) is 3. The van der Waals surface area contributed by atoms with Crippen molar-refractivity contribution in [2.24, 2.45) is 0 Å². The molecule has 0 spiro atoms. The highest BCUT2D eigenvalue weighted by Gasteiger charge is 2.08. The molecule has 0 amide bonds. The first-order chi connectivity index (χ1) is 6.22. The molecule has 0 saturated carbocycles. The minimum atomic E-state index is -0.159. The molecule has 0 unspecified atom stereocenters. The Morgan fingerprint density at radius 2 is 2.15 bits per heavy atom. The predicted molar refractivity (Wildman–Crippen MR) is 48.8 cm³/mol. The molecule has 0 radical (unpaired) electrons. The summed E-state index contributed by atoms with van der Waals surface area (Å²) in [5.74, 6) is 0.506. The van der Waals surface area contributed by atoms with Crippen LogP contribution in [0.3, 0.4) is 0 Å². The molecular formula is C9H10N2O2. The van der Waals surface area contributed by atoms with Crippen molar-refractivity contribution >= 4 is 11.0 Å². The molecule has 1 aromatic carbocycles. The number of hydrogen-bond donors (Lipinski definition) is 3. The van der Waals surface area contributed by atoms with Crippen molar-refractivity contribution in [1.82, 2.24) is 9.97 Å². The number of H-pyrrole nitrogens is 1. The zero-order chi connectivity index (χ0) is 9.42.